The number of primary amides is 1. The van der Waals surface area contributed by atoms with Gasteiger partial charge in [-0.15, -0.1) is 0 Å². The lowest BCUT2D eigenvalue weighted by atomic mass is 10.1. The molecule has 1 heterocycles. The summed E-state index contributed by atoms with van der Waals surface area (Å²) in [6, 6.07) is 21.6. The van der Waals surface area contributed by atoms with Gasteiger partial charge in [0.2, 0.25) is 5.91 Å². The molecular weight excluding hydrogens is 364 g/mol. The first-order valence-electron chi connectivity index (χ1n) is 9.03. The zero-order valence-electron chi connectivity index (χ0n) is 15.7. The van der Waals surface area contributed by atoms with Gasteiger partial charge >= 0.3 is 0 Å². The van der Waals surface area contributed by atoms with E-state index in [4.69, 9.17) is 5.73 Å². The van der Waals surface area contributed by atoms with Crippen LogP contribution in [0.5, 0.6) is 5.75 Å². The Kier molecular flexibility index (Phi) is 4.75. The van der Waals surface area contributed by atoms with E-state index in [2.05, 4.69) is 15.0 Å². The third-order valence-electron chi connectivity index (χ3n) is 4.49. The molecule has 0 atom stereocenters. The minimum Gasteiger partial charge on any atom is -0.507 e. The van der Waals surface area contributed by atoms with E-state index in [9.17, 15) is 9.90 Å². The van der Waals surface area contributed by atoms with Crippen LogP contribution in [0, 0.1) is 6.92 Å². The Morgan fingerprint density at radius 1 is 0.793 bits per heavy atom. The van der Waals surface area contributed by atoms with Gasteiger partial charge in [0.05, 0.1) is 5.56 Å². The van der Waals surface area contributed by atoms with Crippen LogP contribution in [0.25, 0.3) is 34.2 Å². The number of hydrogen-bond acceptors (Lipinski definition) is 5. The van der Waals surface area contributed by atoms with Gasteiger partial charge in [-0.3, -0.25) is 4.79 Å². The molecule has 0 saturated heterocycles. The molecule has 0 unspecified atom stereocenters. The van der Waals surface area contributed by atoms with Gasteiger partial charge in [0.1, 0.15) is 5.75 Å². The van der Waals surface area contributed by atoms with Crippen molar-refractivity contribution in [2.24, 2.45) is 5.73 Å². The van der Waals surface area contributed by atoms with E-state index in [1.54, 1.807) is 36.4 Å². The van der Waals surface area contributed by atoms with Gasteiger partial charge in [-0.05, 0) is 36.8 Å². The molecule has 4 aromatic rings. The topological polar surface area (TPSA) is 102 Å². The van der Waals surface area contributed by atoms with Gasteiger partial charge in [-0.1, -0.05) is 48.5 Å². The van der Waals surface area contributed by atoms with Crippen LogP contribution in [0.4, 0.5) is 0 Å². The minimum atomic E-state index is -0.498. The predicted octanol–water partition coefficient (Wildman–Crippen LogP) is 3.99. The molecule has 0 aliphatic heterocycles. The third kappa shape index (κ3) is 3.82. The molecule has 0 fully saturated rings. The summed E-state index contributed by atoms with van der Waals surface area (Å²) >= 11 is 0. The van der Waals surface area contributed by atoms with Crippen molar-refractivity contribution >= 4 is 5.91 Å². The largest absolute Gasteiger partial charge is 0.507 e. The van der Waals surface area contributed by atoms with Crippen LogP contribution >= 0.6 is 0 Å². The highest BCUT2D eigenvalue weighted by Gasteiger charge is 2.15. The number of nitrogens with two attached hydrogens (primary N) is 1. The van der Waals surface area contributed by atoms with Crippen LogP contribution in [-0.2, 0) is 0 Å². The maximum absolute atomic E-state index is 11.3. The number of rotatable bonds is 4. The highest BCUT2D eigenvalue weighted by molar-refractivity contribution is 5.93. The summed E-state index contributed by atoms with van der Waals surface area (Å²) in [7, 11) is 0. The quantitative estimate of drug-likeness (QED) is 0.556. The summed E-state index contributed by atoms with van der Waals surface area (Å²) in [5.74, 6) is 0.896. The molecule has 0 aliphatic carbocycles. The lowest BCUT2D eigenvalue weighted by molar-refractivity contribution is 0.100. The molecule has 1 amide bonds. The first-order valence-corrected chi connectivity index (χ1v) is 9.03. The van der Waals surface area contributed by atoms with E-state index in [0.717, 1.165) is 11.1 Å². The van der Waals surface area contributed by atoms with Gasteiger partial charge in [-0.2, -0.15) is 0 Å². The highest BCUT2D eigenvalue weighted by atomic mass is 16.3. The number of hydrogen-bond donors (Lipinski definition) is 2. The summed E-state index contributed by atoms with van der Waals surface area (Å²) in [6.45, 7) is 1.90. The van der Waals surface area contributed by atoms with E-state index in [1.165, 1.54) is 0 Å². The van der Waals surface area contributed by atoms with Crippen LogP contribution < -0.4 is 5.73 Å². The van der Waals surface area contributed by atoms with Crippen LogP contribution in [0.3, 0.4) is 0 Å². The standard InChI is InChI=1S/C23H18N4O2/c1-14-7-12-18(19(28)13-14)23-26-21(16-5-3-2-4-6-16)25-22(27-23)17-10-8-15(9-11-17)20(24)29/h2-13,28H,1H3,(H2,24,29). The molecule has 0 aliphatic rings. The molecule has 0 bridgehead atoms. The van der Waals surface area contributed by atoms with Gasteiger partial charge in [0, 0.05) is 16.7 Å². The van der Waals surface area contributed by atoms with Crippen molar-refractivity contribution in [3.05, 3.63) is 83.9 Å². The Labute approximate surface area is 167 Å². The van der Waals surface area contributed by atoms with E-state index >= 15 is 0 Å². The average molecular weight is 382 g/mol. The van der Waals surface area contributed by atoms with Crippen molar-refractivity contribution in [1.29, 1.82) is 0 Å². The number of benzene rings is 3. The maximum Gasteiger partial charge on any atom is 0.248 e. The number of nitrogens with zero attached hydrogens (tertiary/aromatic N) is 3. The fourth-order valence-corrected chi connectivity index (χ4v) is 2.96. The fraction of sp³-hybridized carbons (Fsp3) is 0.0435. The van der Waals surface area contributed by atoms with Gasteiger partial charge in [0.25, 0.3) is 0 Å². The van der Waals surface area contributed by atoms with Crippen molar-refractivity contribution in [2.75, 3.05) is 0 Å². The molecule has 6 heteroatoms. The van der Waals surface area contributed by atoms with E-state index in [0.29, 0.717) is 34.2 Å². The first-order chi connectivity index (χ1) is 14.0. The number of aromatic nitrogens is 3. The van der Waals surface area contributed by atoms with Crippen molar-refractivity contribution in [3.63, 3.8) is 0 Å². The number of carbonyl (C=O) groups is 1. The van der Waals surface area contributed by atoms with Crippen LogP contribution in [0.15, 0.2) is 72.8 Å². The van der Waals surface area contributed by atoms with E-state index in [-0.39, 0.29) is 5.75 Å². The number of aryl methyl sites for hydroxylation is 1. The number of carbonyl (C=O) groups excluding carboxylic acids is 1. The Hall–Kier alpha value is -4.06. The molecule has 4 rings (SSSR count). The van der Waals surface area contributed by atoms with E-state index < -0.39 is 5.91 Å². The molecule has 3 N–H and O–H groups in total. The summed E-state index contributed by atoms with van der Waals surface area (Å²) in [6.07, 6.45) is 0. The predicted molar refractivity (Wildman–Crippen MR) is 111 cm³/mol. The number of amides is 1. The van der Waals surface area contributed by atoms with Gasteiger partial charge in [0.15, 0.2) is 17.5 Å². The third-order valence-corrected chi connectivity index (χ3v) is 4.49. The molecule has 0 saturated carbocycles. The zero-order chi connectivity index (χ0) is 20.4. The number of phenols is 1. The number of phenolic OH excluding ortho intramolecular Hbond substituents is 1. The van der Waals surface area contributed by atoms with E-state index in [1.807, 2.05) is 43.3 Å². The molecule has 1 aromatic heterocycles. The Bertz CT molecular complexity index is 1190. The summed E-state index contributed by atoms with van der Waals surface area (Å²) < 4.78 is 0. The Morgan fingerprint density at radius 2 is 1.38 bits per heavy atom. The highest BCUT2D eigenvalue weighted by Crippen LogP contribution is 2.30. The second-order valence-electron chi connectivity index (χ2n) is 6.63. The van der Waals surface area contributed by atoms with Crippen molar-refractivity contribution in [2.45, 2.75) is 6.92 Å². The normalized spacial score (nSPS) is 10.7. The Balaban J connectivity index is 1.89. The van der Waals surface area contributed by atoms with Crippen LogP contribution in [0.2, 0.25) is 0 Å². The molecule has 142 valence electrons. The molecule has 0 radical (unpaired) electrons. The lowest BCUT2D eigenvalue weighted by Crippen LogP contribution is -2.10. The SMILES string of the molecule is Cc1ccc(-c2nc(-c3ccccc3)nc(-c3ccc(C(N)=O)cc3)n2)c(O)c1. The van der Waals surface area contributed by atoms with Crippen LogP contribution in [-0.4, -0.2) is 26.0 Å². The zero-order valence-corrected chi connectivity index (χ0v) is 15.7. The summed E-state index contributed by atoms with van der Waals surface area (Å²) in [5, 5.41) is 10.4. The Morgan fingerprint density at radius 3 is 1.97 bits per heavy atom. The first kappa shape index (κ1) is 18.3. The maximum atomic E-state index is 11.3. The molecule has 29 heavy (non-hydrogen) atoms. The summed E-state index contributed by atoms with van der Waals surface area (Å²) in [5.41, 5.74) is 8.73. The second-order valence-corrected chi connectivity index (χ2v) is 6.63. The lowest BCUT2D eigenvalue weighted by Gasteiger charge is -2.10. The minimum absolute atomic E-state index is 0.102. The molecular formula is C23H18N4O2. The monoisotopic (exact) mass is 382 g/mol. The molecule has 0 spiro atoms. The smallest absolute Gasteiger partial charge is 0.248 e. The van der Waals surface area contributed by atoms with Gasteiger partial charge < -0.3 is 10.8 Å². The fourth-order valence-electron chi connectivity index (χ4n) is 2.96. The van der Waals surface area contributed by atoms with Crippen LogP contribution in [0.1, 0.15) is 15.9 Å². The average Bonchev–Trinajstić information content (AvgIpc) is 2.74. The van der Waals surface area contributed by atoms with Gasteiger partial charge in [-0.25, -0.2) is 15.0 Å². The van der Waals surface area contributed by atoms with Crippen molar-refractivity contribution < 1.29 is 9.90 Å². The molecule has 6 nitrogen and oxygen atoms in total. The molecule has 3 aromatic carbocycles. The van der Waals surface area contributed by atoms with Crippen molar-refractivity contribution in [3.8, 4) is 39.9 Å². The summed E-state index contributed by atoms with van der Waals surface area (Å²) in [4.78, 5) is 25.1. The van der Waals surface area contributed by atoms with Crippen molar-refractivity contribution in [1.82, 2.24) is 15.0 Å². The number of aromatic hydroxyl groups is 1. The second kappa shape index (κ2) is 7.52.